The number of amides is 4. The summed E-state index contributed by atoms with van der Waals surface area (Å²) in [6.45, 7) is 31.1. The Morgan fingerprint density at radius 1 is 0.494 bits per heavy atom. The summed E-state index contributed by atoms with van der Waals surface area (Å²) in [5, 5.41) is 5.95. The van der Waals surface area contributed by atoms with Gasteiger partial charge in [-0.25, -0.2) is 29.2 Å². The molecule has 452 valence electrons. The second-order valence-corrected chi connectivity index (χ2v) is 26.4. The van der Waals surface area contributed by atoms with Crippen molar-refractivity contribution < 1.29 is 38.1 Å². The average molecular weight is 1160 g/mol. The van der Waals surface area contributed by atoms with Crippen LogP contribution in [-0.2, 0) is 18.9 Å². The number of allylic oxidation sites excluding steroid dienone is 2. The number of alkyl carbamates (subject to hydrolysis) is 2. The number of aliphatic imine (C=N–C) groups is 2. The van der Waals surface area contributed by atoms with Crippen LogP contribution in [-0.4, -0.2) is 83.4 Å². The first kappa shape index (κ1) is 62.9. The number of hydrogen-bond donors (Lipinski definition) is 2. The Balaban J connectivity index is 0.963. The third kappa shape index (κ3) is 16.0. The summed E-state index contributed by atoms with van der Waals surface area (Å²) in [7, 11) is 0. The van der Waals surface area contributed by atoms with E-state index < -0.39 is 46.8 Å². The number of nitrogens with one attached hydrogen (secondary N) is 2. The highest BCUT2D eigenvalue weighted by molar-refractivity contribution is 6.13. The smallest absolute Gasteiger partial charge is 0.414 e. The molecule has 4 aromatic carbocycles. The molecular weight excluding hydrogens is 1070 g/mol. The maximum absolute atomic E-state index is 14.3. The summed E-state index contributed by atoms with van der Waals surface area (Å²) < 4.78 is 23.4. The van der Waals surface area contributed by atoms with Gasteiger partial charge in [0.15, 0.2) is 0 Å². The Labute approximate surface area is 503 Å². The lowest BCUT2D eigenvalue weighted by Crippen LogP contribution is -2.43. The molecule has 16 heteroatoms. The van der Waals surface area contributed by atoms with E-state index in [1.807, 2.05) is 208 Å². The van der Waals surface area contributed by atoms with Crippen molar-refractivity contribution in [2.45, 2.75) is 190 Å². The lowest BCUT2D eigenvalue weighted by atomic mass is 9.92. The Hall–Kier alpha value is -8.14. The lowest BCUT2D eigenvalue weighted by Gasteiger charge is -2.40. The van der Waals surface area contributed by atoms with Crippen molar-refractivity contribution in [3.8, 4) is 0 Å². The normalized spacial score (nSPS) is 16.5. The van der Waals surface area contributed by atoms with E-state index >= 15 is 0 Å². The molecule has 0 radical (unpaired) electrons. The number of nitrogens with zero attached hydrogens (tertiary/aromatic N) is 6. The molecule has 16 nitrogen and oxygen atoms in total. The van der Waals surface area contributed by atoms with Crippen LogP contribution in [0, 0.1) is 13.8 Å². The number of carbonyl (C=O) groups is 4. The van der Waals surface area contributed by atoms with Gasteiger partial charge in [-0.05, 0) is 219 Å². The molecule has 4 aliphatic rings. The largest absolute Gasteiger partial charge is 0.444 e. The molecule has 0 aromatic heterocycles. The second kappa shape index (κ2) is 25.6. The zero-order valence-corrected chi connectivity index (χ0v) is 52.9. The minimum Gasteiger partial charge on any atom is -0.444 e. The van der Waals surface area contributed by atoms with Gasteiger partial charge in [0.25, 0.3) is 0 Å². The third-order valence-electron chi connectivity index (χ3n) is 14.5. The molecule has 8 rings (SSSR count). The van der Waals surface area contributed by atoms with Crippen molar-refractivity contribution >= 4 is 81.3 Å². The molecule has 0 saturated carbocycles. The van der Waals surface area contributed by atoms with Gasteiger partial charge in [-0.1, -0.05) is 68.5 Å². The fourth-order valence-corrected chi connectivity index (χ4v) is 10.9. The van der Waals surface area contributed by atoms with Crippen LogP contribution in [0.1, 0.15) is 153 Å². The van der Waals surface area contributed by atoms with E-state index in [2.05, 4.69) is 32.6 Å². The van der Waals surface area contributed by atoms with Crippen LogP contribution >= 0.6 is 0 Å². The number of unbranched alkanes of at least 4 members (excludes halogenated alkanes) is 6. The van der Waals surface area contributed by atoms with Crippen LogP contribution in [0.2, 0.25) is 0 Å². The topological polar surface area (TPSA) is 167 Å². The fraction of sp³-hybridized carbons (Fsp3) is 0.449. The minimum absolute atomic E-state index is 0.374. The van der Waals surface area contributed by atoms with Crippen LogP contribution < -0.4 is 30.2 Å². The van der Waals surface area contributed by atoms with Crippen molar-refractivity contribution in [2.75, 3.05) is 32.7 Å². The number of fused-ring (bicyclic) bond motifs is 4. The highest BCUT2D eigenvalue weighted by Crippen LogP contribution is 2.48. The van der Waals surface area contributed by atoms with Gasteiger partial charge in [-0.15, -0.1) is 0 Å². The molecule has 2 unspecified atom stereocenters. The first-order chi connectivity index (χ1) is 39.9. The quantitative estimate of drug-likeness (QED) is 0.0814. The van der Waals surface area contributed by atoms with Crippen molar-refractivity contribution in [2.24, 2.45) is 9.98 Å². The molecule has 0 fully saturated rings. The summed E-state index contributed by atoms with van der Waals surface area (Å²) in [5.41, 5.74) is 10.2. The van der Waals surface area contributed by atoms with Gasteiger partial charge in [-0.2, -0.15) is 0 Å². The average Bonchev–Trinajstić information content (AvgIpc) is 1.06. The number of benzene rings is 4. The number of anilines is 6. The van der Waals surface area contributed by atoms with Gasteiger partial charge >= 0.3 is 24.4 Å². The van der Waals surface area contributed by atoms with Crippen LogP contribution in [0.4, 0.5) is 64.7 Å². The van der Waals surface area contributed by atoms with Crippen molar-refractivity contribution in [3.05, 3.63) is 143 Å². The summed E-state index contributed by atoms with van der Waals surface area (Å²) in [6, 6.07) is 27.5. The van der Waals surface area contributed by atoms with Gasteiger partial charge in [-0.3, -0.25) is 20.4 Å². The van der Waals surface area contributed by atoms with Gasteiger partial charge in [0.05, 0.1) is 57.6 Å². The standard InChI is InChI=1S/C69H88N8O8/c1-44-38-53-58(41-51(44)72-62(78)82-66(5,6)7)76(48-30-24-22-25-31-48)60-43-57(46(3)40-55(60)71-53)75(65(81)85-69(14,15)16)37-29-21-19-17-18-20-28-36-74(64(80)84-68(11,12)13)56-35-34-50-61(47(56)4)77(49-32-26-23-27-33-49)59-42-52(45(2)39-54(59)70-50)73-63(79)83-67(8,9)10/h22-27,30-35,38-43,58-59H,17-21,28-29,36-37H2,1-16H3,(H,72,78)(H,73,79). The summed E-state index contributed by atoms with van der Waals surface area (Å²) in [5.74, 6) is 0. The molecule has 2 atom stereocenters. The van der Waals surface area contributed by atoms with Gasteiger partial charge in [0.1, 0.15) is 22.4 Å². The highest BCUT2D eigenvalue weighted by Gasteiger charge is 2.38. The summed E-state index contributed by atoms with van der Waals surface area (Å²) in [4.78, 5) is 73.1. The number of carbonyl (C=O) groups excluding carboxylic acids is 4. The monoisotopic (exact) mass is 1160 g/mol. The first-order valence-corrected chi connectivity index (χ1v) is 29.9. The van der Waals surface area contributed by atoms with E-state index in [1.165, 1.54) is 0 Å². The van der Waals surface area contributed by atoms with E-state index in [0.717, 1.165) is 124 Å². The van der Waals surface area contributed by atoms with Crippen LogP contribution in [0.25, 0.3) is 0 Å². The summed E-state index contributed by atoms with van der Waals surface area (Å²) in [6.07, 6.45) is 12.3. The molecule has 2 heterocycles. The van der Waals surface area contributed by atoms with Crippen LogP contribution in [0.15, 0.2) is 142 Å². The fourth-order valence-electron chi connectivity index (χ4n) is 10.9. The Bertz CT molecular complexity index is 3290. The predicted octanol–water partition coefficient (Wildman–Crippen LogP) is 17.1. The number of ether oxygens (including phenoxy) is 4. The maximum Gasteiger partial charge on any atom is 0.414 e. The SMILES string of the molecule is CC1=CC2=Nc3cc(C)c(N(CCCCCCCCCN(C(=O)OC(C)(C)C)c4ccc5c(c4C)N(c4ccccc4)C4C=C(NC(=O)OC(C)(C)C)C(C)=CC4=N5)C(=O)OC(C)(C)C)cc3N(c3ccccc3)C2C=C1NC(=O)OC(C)(C)C. The molecule has 85 heavy (non-hydrogen) atoms. The van der Waals surface area contributed by atoms with Crippen molar-refractivity contribution in [3.63, 3.8) is 0 Å². The highest BCUT2D eigenvalue weighted by atomic mass is 16.6. The zero-order chi connectivity index (χ0) is 61.8. The molecule has 2 aliphatic heterocycles. The molecule has 0 spiro atoms. The Morgan fingerprint density at radius 3 is 1.36 bits per heavy atom. The second-order valence-electron chi connectivity index (χ2n) is 26.4. The minimum atomic E-state index is -0.724. The number of aryl methyl sites for hydroxylation is 1. The van der Waals surface area contributed by atoms with E-state index in [9.17, 15) is 19.2 Å². The molecule has 2 N–H and O–H groups in total. The van der Waals surface area contributed by atoms with E-state index in [-0.39, 0.29) is 12.1 Å². The van der Waals surface area contributed by atoms with Crippen LogP contribution in [0.5, 0.6) is 0 Å². The Kier molecular flexibility index (Phi) is 18.9. The maximum atomic E-state index is 14.3. The first-order valence-electron chi connectivity index (χ1n) is 29.9. The Morgan fingerprint density at radius 2 is 0.906 bits per heavy atom. The number of hydrogen-bond acceptors (Lipinski definition) is 12. The van der Waals surface area contributed by atoms with E-state index in [4.69, 9.17) is 28.9 Å². The third-order valence-corrected chi connectivity index (χ3v) is 14.5. The van der Waals surface area contributed by atoms with E-state index in [0.29, 0.717) is 24.5 Å². The number of rotatable bonds is 16. The van der Waals surface area contributed by atoms with E-state index in [1.54, 1.807) is 9.80 Å². The molecule has 0 bridgehead atoms. The van der Waals surface area contributed by atoms with Gasteiger partial charge in [0.2, 0.25) is 0 Å². The predicted molar refractivity (Wildman–Crippen MR) is 343 cm³/mol. The van der Waals surface area contributed by atoms with Crippen molar-refractivity contribution in [1.82, 2.24) is 10.6 Å². The van der Waals surface area contributed by atoms with Crippen molar-refractivity contribution in [1.29, 1.82) is 0 Å². The zero-order valence-electron chi connectivity index (χ0n) is 52.9. The molecule has 0 saturated heterocycles. The molecule has 2 aliphatic carbocycles. The van der Waals surface area contributed by atoms with Crippen LogP contribution in [0.3, 0.4) is 0 Å². The molecule has 4 amide bonds. The lowest BCUT2D eigenvalue weighted by molar-refractivity contribution is 0.0535. The molecular formula is C69H88N8O8. The summed E-state index contributed by atoms with van der Waals surface area (Å²) >= 11 is 0. The van der Waals surface area contributed by atoms with Gasteiger partial charge < -0.3 is 28.7 Å². The number of para-hydroxylation sites is 2. The van der Waals surface area contributed by atoms with Gasteiger partial charge in [0, 0.05) is 35.9 Å². The molecule has 4 aromatic rings.